The van der Waals surface area contributed by atoms with Crippen LogP contribution in [0.4, 0.5) is 0 Å². The van der Waals surface area contributed by atoms with Crippen molar-refractivity contribution in [2.24, 2.45) is 0 Å². The Labute approximate surface area is 90.6 Å². The number of nitrogens with zero attached hydrogens (tertiary/aromatic N) is 2. The molecule has 2 atom stereocenters. The summed E-state index contributed by atoms with van der Waals surface area (Å²) in [6, 6.07) is 2.58. The first-order valence-electron chi connectivity index (χ1n) is 5.62. The third kappa shape index (κ3) is 3.04. The van der Waals surface area contributed by atoms with Crippen molar-refractivity contribution in [3.05, 3.63) is 18.5 Å². The normalized spacial score (nSPS) is 25.9. The standard InChI is InChI=1S/C11H19N3O/c1-15-11-4-3-10(9-11)12-6-8-14-7-2-5-13-14/h2,5,7,10-12H,3-4,6,8-9H2,1H3. The highest BCUT2D eigenvalue weighted by Gasteiger charge is 2.23. The Balaban J connectivity index is 1.63. The second kappa shape index (κ2) is 5.28. The minimum absolute atomic E-state index is 0.465. The topological polar surface area (TPSA) is 39.1 Å². The molecule has 1 fully saturated rings. The van der Waals surface area contributed by atoms with Gasteiger partial charge in [0.1, 0.15) is 0 Å². The molecule has 0 aliphatic heterocycles. The molecule has 15 heavy (non-hydrogen) atoms. The molecule has 0 radical (unpaired) electrons. The minimum Gasteiger partial charge on any atom is -0.381 e. The van der Waals surface area contributed by atoms with Crippen LogP contribution in [0.5, 0.6) is 0 Å². The molecule has 84 valence electrons. The van der Waals surface area contributed by atoms with Crippen LogP contribution in [0, 0.1) is 0 Å². The lowest BCUT2D eigenvalue weighted by atomic mass is 10.2. The molecular weight excluding hydrogens is 190 g/mol. The third-order valence-corrected chi connectivity index (χ3v) is 3.05. The molecule has 0 amide bonds. The van der Waals surface area contributed by atoms with E-state index in [0.29, 0.717) is 12.1 Å². The van der Waals surface area contributed by atoms with Crippen LogP contribution in [-0.2, 0) is 11.3 Å². The Hall–Kier alpha value is -0.870. The summed E-state index contributed by atoms with van der Waals surface area (Å²) in [4.78, 5) is 0. The van der Waals surface area contributed by atoms with E-state index in [9.17, 15) is 0 Å². The largest absolute Gasteiger partial charge is 0.381 e. The number of rotatable bonds is 5. The van der Waals surface area contributed by atoms with Crippen LogP contribution >= 0.6 is 0 Å². The molecule has 1 heterocycles. The lowest BCUT2D eigenvalue weighted by molar-refractivity contribution is 0.107. The lowest BCUT2D eigenvalue weighted by Crippen LogP contribution is -2.30. The summed E-state index contributed by atoms with van der Waals surface area (Å²) in [6.07, 6.45) is 7.85. The molecule has 0 bridgehead atoms. The van der Waals surface area contributed by atoms with E-state index in [1.54, 1.807) is 7.11 Å². The van der Waals surface area contributed by atoms with E-state index >= 15 is 0 Å². The Morgan fingerprint density at radius 1 is 1.53 bits per heavy atom. The van der Waals surface area contributed by atoms with Gasteiger partial charge in [-0.1, -0.05) is 0 Å². The fourth-order valence-corrected chi connectivity index (χ4v) is 2.16. The van der Waals surface area contributed by atoms with Crippen LogP contribution in [-0.4, -0.2) is 35.6 Å². The van der Waals surface area contributed by atoms with Gasteiger partial charge in [-0.05, 0) is 25.3 Å². The second-order valence-electron chi connectivity index (χ2n) is 4.09. The monoisotopic (exact) mass is 209 g/mol. The number of methoxy groups -OCH3 is 1. The van der Waals surface area contributed by atoms with E-state index in [2.05, 4.69) is 10.4 Å². The quantitative estimate of drug-likeness (QED) is 0.787. The van der Waals surface area contributed by atoms with Gasteiger partial charge in [0.15, 0.2) is 0 Å². The number of hydrogen-bond donors (Lipinski definition) is 1. The van der Waals surface area contributed by atoms with Crippen molar-refractivity contribution in [3.63, 3.8) is 0 Å². The van der Waals surface area contributed by atoms with Gasteiger partial charge in [-0.15, -0.1) is 0 Å². The SMILES string of the molecule is COC1CCC(NCCn2cccn2)C1. The van der Waals surface area contributed by atoms with Crippen LogP contribution in [0.3, 0.4) is 0 Å². The van der Waals surface area contributed by atoms with E-state index in [1.807, 2.05) is 23.1 Å². The average Bonchev–Trinajstić information content (AvgIpc) is 2.88. The Morgan fingerprint density at radius 2 is 2.47 bits per heavy atom. The molecule has 1 aromatic rings. The number of hydrogen-bond acceptors (Lipinski definition) is 3. The van der Waals surface area contributed by atoms with E-state index in [1.165, 1.54) is 12.8 Å². The lowest BCUT2D eigenvalue weighted by Gasteiger charge is -2.12. The summed E-state index contributed by atoms with van der Waals surface area (Å²) >= 11 is 0. The first-order chi connectivity index (χ1) is 7.38. The van der Waals surface area contributed by atoms with Crippen LogP contribution < -0.4 is 5.32 Å². The smallest absolute Gasteiger partial charge is 0.0586 e. The fraction of sp³-hybridized carbons (Fsp3) is 0.727. The summed E-state index contributed by atoms with van der Waals surface area (Å²) in [5, 5.41) is 7.71. The summed E-state index contributed by atoms with van der Waals surface area (Å²) in [7, 11) is 1.80. The van der Waals surface area contributed by atoms with Gasteiger partial charge >= 0.3 is 0 Å². The first-order valence-corrected chi connectivity index (χ1v) is 5.62. The van der Waals surface area contributed by atoms with E-state index in [0.717, 1.165) is 19.5 Å². The zero-order chi connectivity index (χ0) is 10.5. The van der Waals surface area contributed by atoms with Gasteiger partial charge < -0.3 is 10.1 Å². The van der Waals surface area contributed by atoms with Gasteiger partial charge in [-0.3, -0.25) is 4.68 Å². The van der Waals surface area contributed by atoms with Gasteiger partial charge in [0.2, 0.25) is 0 Å². The van der Waals surface area contributed by atoms with Gasteiger partial charge in [-0.25, -0.2) is 0 Å². The molecule has 1 aliphatic carbocycles. The first kappa shape index (κ1) is 10.6. The maximum Gasteiger partial charge on any atom is 0.0586 e. The molecule has 1 aliphatic rings. The maximum absolute atomic E-state index is 5.34. The Bertz CT molecular complexity index is 273. The van der Waals surface area contributed by atoms with Crippen LogP contribution in [0.25, 0.3) is 0 Å². The predicted molar refractivity (Wildman–Crippen MR) is 58.7 cm³/mol. The van der Waals surface area contributed by atoms with Crippen molar-refractivity contribution >= 4 is 0 Å². The zero-order valence-corrected chi connectivity index (χ0v) is 9.22. The van der Waals surface area contributed by atoms with Crippen LogP contribution in [0.2, 0.25) is 0 Å². The third-order valence-electron chi connectivity index (χ3n) is 3.05. The van der Waals surface area contributed by atoms with Crippen molar-refractivity contribution in [3.8, 4) is 0 Å². The van der Waals surface area contributed by atoms with E-state index in [-0.39, 0.29) is 0 Å². The molecule has 0 saturated heterocycles. The summed E-state index contributed by atoms with van der Waals surface area (Å²) in [5.74, 6) is 0. The highest BCUT2D eigenvalue weighted by Crippen LogP contribution is 2.20. The molecule has 4 nitrogen and oxygen atoms in total. The molecule has 0 aromatic carbocycles. The van der Waals surface area contributed by atoms with Gasteiger partial charge in [-0.2, -0.15) is 5.10 Å². The van der Waals surface area contributed by atoms with E-state index in [4.69, 9.17) is 4.74 Å². The zero-order valence-electron chi connectivity index (χ0n) is 9.22. The highest BCUT2D eigenvalue weighted by molar-refractivity contribution is 4.81. The molecular formula is C11H19N3O. The second-order valence-corrected chi connectivity index (χ2v) is 4.09. The average molecular weight is 209 g/mol. The Kier molecular flexibility index (Phi) is 3.75. The van der Waals surface area contributed by atoms with Crippen molar-refractivity contribution < 1.29 is 4.74 Å². The van der Waals surface area contributed by atoms with Crippen molar-refractivity contribution in [2.75, 3.05) is 13.7 Å². The predicted octanol–water partition coefficient (Wildman–Crippen LogP) is 1.04. The number of aromatic nitrogens is 2. The van der Waals surface area contributed by atoms with Gasteiger partial charge in [0.05, 0.1) is 12.6 Å². The van der Waals surface area contributed by atoms with Gasteiger partial charge in [0, 0.05) is 32.1 Å². The van der Waals surface area contributed by atoms with Crippen molar-refractivity contribution in [1.82, 2.24) is 15.1 Å². The summed E-state index contributed by atoms with van der Waals surface area (Å²) in [6.45, 7) is 1.93. The molecule has 2 unspecified atom stereocenters. The molecule has 4 heteroatoms. The van der Waals surface area contributed by atoms with Crippen LogP contribution in [0.1, 0.15) is 19.3 Å². The number of nitrogens with one attached hydrogen (secondary N) is 1. The summed E-state index contributed by atoms with van der Waals surface area (Å²) < 4.78 is 7.29. The maximum atomic E-state index is 5.34. The van der Waals surface area contributed by atoms with Crippen molar-refractivity contribution in [1.29, 1.82) is 0 Å². The summed E-state index contributed by atoms with van der Waals surface area (Å²) in [5.41, 5.74) is 0. The minimum atomic E-state index is 0.465. The molecule has 2 rings (SSSR count). The molecule has 1 saturated carbocycles. The molecule has 0 spiro atoms. The fourth-order valence-electron chi connectivity index (χ4n) is 2.16. The van der Waals surface area contributed by atoms with E-state index < -0.39 is 0 Å². The highest BCUT2D eigenvalue weighted by atomic mass is 16.5. The van der Waals surface area contributed by atoms with Crippen LogP contribution in [0.15, 0.2) is 18.5 Å². The Morgan fingerprint density at radius 3 is 3.13 bits per heavy atom. The van der Waals surface area contributed by atoms with Crippen molar-refractivity contribution in [2.45, 2.75) is 38.0 Å². The number of ether oxygens (including phenoxy) is 1. The van der Waals surface area contributed by atoms with Gasteiger partial charge in [0.25, 0.3) is 0 Å². The molecule has 1 aromatic heterocycles. The molecule has 1 N–H and O–H groups in total.